The minimum atomic E-state index is -3.57. The molecule has 0 unspecified atom stereocenters. The summed E-state index contributed by atoms with van der Waals surface area (Å²) in [4.78, 5) is 1.01. The number of thiophene rings is 1. The van der Waals surface area contributed by atoms with E-state index >= 15 is 0 Å². The van der Waals surface area contributed by atoms with E-state index in [0.29, 0.717) is 0 Å². The van der Waals surface area contributed by atoms with Crippen LogP contribution in [0.3, 0.4) is 0 Å². The van der Waals surface area contributed by atoms with Crippen LogP contribution < -0.4 is 0 Å². The van der Waals surface area contributed by atoms with Crippen molar-refractivity contribution in [3.8, 4) is 0 Å². The molecule has 0 N–H and O–H groups in total. The van der Waals surface area contributed by atoms with Gasteiger partial charge in [0, 0.05) is 4.88 Å². The van der Waals surface area contributed by atoms with Gasteiger partial charge < -0.3 is 0 Å². The Morgan fingerprint density at radius 3 is 2.77 bits per heavy atom. The van der Waals surface area contributed by atoms with Crippen LogP contribution in [-0.2, 0) is 16.4 Å². The predicted octanol–water partition coefficient (Wildman–Crippen LogP) is 2.10. The Morgan fingerprint density at radius 1 is 1.62 bits per heavy atom. The summed E-state index contributed by atoms with van der Waals surface area (Å²) in [7, 11) is -3.57. The Labute approximate surface area is 86.2 Å². The summed E-state index contributed by atoms with van der Waals surface area (Å²) in [5.41, 5.74) is 0. The standard InChI is InChI=1S/C7H7NO2S3/c1-2-6-3-4-7(12-6)13(9,10)8-5-11/h3-4H,2H2,1H3. The number of rotatable bonds is 3. The minimum Gasteiger partial charge on any atom is -0.198 e. The summed E-state index contributed by atoms with van der Waals surface area (Å²) in [6.45, 7) is 1.96. The molecular formula is C7H7NO2S3. The molecule has 1 aromatic heterocycles. The average Bonchev–Trinajstić information content (AvgIpc) is 2.52. The van der Waals surface area contributed by atoms with Crippen molar-refractivity contribution in [3.63, 3.8) is 0 Å². The smallest absolute Gasteiger partial charge is 0.198 e. The van der Waals surface area contributed by atoms with Gasteiger partial charge in [0.15, 0.2) is 0 Å². The number of hydrogen-bond acceptors (Lipinski definition) is 4. The number of thiocarbonyl (C=S) groups is 1. The highest BCUT2D eigenvalue weighted by molar-refractivity contribution is 7.93. The van der Waals surface area contributed by atoms with E-state index in [1.54, 1.807) is 6.07 Å². The van der Waals surface area contributed by atoms with Gasteiger partial charge in [0.1, 0.15) is 4.21 Å². The first kappa shape index (κ1) is 10.5. The van der Waals surface area contributed by atoms with Crippen LogP contribution in [0, 0.1) is 0 Å². The van der Waals surface area contributed by atoms with E-state index in [1.807, 2.05) is 12.1 Å². The third-order valence-electron chi connectivity index (χ3n) is 1.40. The second-order valence-corrected chi connectivity index (χ2v) is 5.41. The molecule has 0 aliphatic carbocycles. The summed E-state index contributed by atoms with van der Waals surface area (Å²) in [6, 6.07) is 3.31. The Kier molecular flexibility index (Phi) is 3.33. The van der Waals surface area contributed by atoms with Crippen LogP contribution in [0.4, 0.5) is 0 Å². The Morgan fingerprint density at radius 2 is 2.31 bits per heavy atom. The minimum absolute atomic E-state index is 0.224. The van der Waals surface area contributed by atoms with Crippen molar-refractivity contribution in [3.05, 3.63) is 17.0 Å². The molecule has 13 heavy (non-hydrogen) atoms. The molecule has 1 heterocycles. The quantitative estimate of drug-likeness (QED) is 0.593. The maximum atomic E-state index is 11.3. The van der Waals surface area contributed by atoms with E-state index in [0.717, 1.165) is 11.3 Å². The van der Waals surface area contributed by atoms with E-state index in [4.69, 9.17) is 0 Å². The first-order chi connectivity index (χ1) is 6.10. The van der Waals surface area contributed by atoms with Crippen LogP contribution in [0.2, 0.25) is 0 Å². The summed E-state index contributed by atoms with van der Waals surface area (Å²) >= 11 is 5.46. The van der Waals surface area contributed by atoms with Gasteiger partial charge in [-0.05, 0) is 30.8 Å². The normalized spacial score (nSPS) is 10.8. The fraction of sp³-hybridized carbons (Fsp3) is 0.286. The van der Waals surface area contributed by atoms with Gasteiger partial charge in [0.25, 0.3) is 10.0 Å². The molecular weight excluding hydrogens is 226 g/mol. The monoisotopic (exact) mass is 233 g/mol. The van der Waals surface area contributed by atoms with Gasteiger partial charge in [-0.25, -0.2) is 0 Å². The van der Waals surface area contributed by atoms with Crippen LogP contribution in [0.15, 0.2) is 20.7 Å². The largest absolute Gasteiger partial charge is 0.300 e. The van der Waals surface area contributed by atoms with E-state index in [2.05, 4.69) is 16.6 Å². The number of hydrogen-bond donors (Lipinski definition) is 0. The first-order valence-electron chi connectivity index (χ1n) is 3.53. The maximum absolute atomic E-state index is 11.3. The number of nitrogens with zero attached hydrogens (tertiary/aromatic N) is 1. The van der Waals surface area contributed by atoms with Crippen molar-refractivity contribution in [2.24, 2.45) is 4.40 Å². The van der Waals surface area contributed by atoms with Crippen LogP contribution in [-0.4, -0.2) is 13.6 Å². The van der Waals surface area contributed by atoms with Crippen molar-refractivity contribution in [1.82, 2.24) is 0 Å². The highest BCUT2D eigenvalue weighted by Crippen LogP contribution is 2.23. The summed E-state index contributed by atoms with van der Waals surface area (Å²) in [5, 5.41) is 1.86. The zero-order valence-corrected chi connectivity index (χ0v) is 9.30. The Balaban J connectivity index is 3.15. The second-order valence-electron chi connectivity index (χ2n) is 2.23. The molecule has 0 aliphatic rings. The van der Waals surface area contributed by atoms with Crippen molar-refractivity contribution in [1.29, 1.82) is 0 Å². The molecule has 1 aromatic rings. The Bertz CT molecular complexity index is 440. The van der Waals surface area contributed by atoms with Gasteiger partial charge in [-0.2, -0.15) is 8.42 Å². The lowest BCUT2D eigenvalue weighted by Gasteiger charge is -1.88. The third kappa shape index (κ3) is 2.45. The molecule has 0 saturated heterocycles. The molecule has 3 nitrogen and oxygen atoms in total. The van der Waals surface area contributed by atoms with Crippen LogP contribution >= 0.6 is 23.6 Å². The highest BCUT2D eigenvalue weighted by atomic mass is 32.2. The van der Waals surface area contributed by atoms with Gasteiger partial charge in [0.2, 0.25) is 0 Å². The molecule has 0 aliphatic heterocycles. The fourth-order valence-electron chi connectivity index (χ4n) is 0.781. The van der Waals surface area contributed by atoms with Crippen LogP contribution in [0.25, 0.3) is 0 Å². The summed E-state index contributed by atoms with van der Waals surface area (Å²) in [5.74, 6) is 0. The first-order valence-corrected chi connectivity index (χ1v) is 6.19. The van der Waals surface area contributed by atoms with Gasteiger partial charge in [-0.3, -0.25) is 0 Å². The van der Waals surface area contributed by atoms with Gasteiger partial charge in [0.05, 0.1) is 5.16 Å². The third-order valence-corrected chi connectivity index (χ3v) is 4.49. The molecule has 70 valence electrons. The van der Waals surface area contributed by atoms with E-state index in [-0.39, 0.29) is 4.21 Å². The molecule has 0 saturated carbocycles. The molecule has 0 bridgehead atoms. The molecule has 0 atom stereocenters. The molecule has 0 fully saturated rings. The number of sulfonamides is 1. The fourth-order valence-corrected chi connectivity index (χ4v) is 3.03. The Hall–Kier alpha value is -0.550. The highest BCUT2D eigenvalue weighted by Gasteiger charge is 2.14. The van der Waals surface area contributed by atoms with Crippen molar-refractivity contribution in [2.45, 2.75) is 17.6 Å². The van der Waals surface area contributed by atoms with Gasteiger partial charge >= 0.3 is 0 Å². The van der Waals surface area contributed by atoms with Gasteiger partial charge in [-0.1, -0.05) is 6.92 Å². The average molecular weight is 233 g/mol. The lowest BCUT2D eigenvalue weighted by Crippen LogP contribution is -1.91. The SMILES string of the molecule is CCc1ccc(S(=O)(=O)N=C=S)s1. The van der Waals surface area contributed by atoms with Gasteiger partial charge in [-0.15, -0.1) is 15.7 Å². The molecule has 6 heteroatoms. The summed E-state index contributed by atoms with van der Waals surface area (Å²) in [6.07, 6.45) is 0.821. The maximum Gasteiger partial charge on any atom is 0.300 e. The van der Waals surface area contributed by atoms with Crippen molar-refractivity contribution >= 4 is 38.7 Å². The molecule has 0 aromatic carbocycles. The van der Waals surface area contributed by atoms with E-state index in [9.17, 15) is 8.42 Å². The zero-order valence-electron chi connectivity index (χ0n) is 6.85. The number of isothiocyanates is 1. The molecule has 0 amide bonds. The van der Waals surface area contributed by atoms with Crippen molar-refractivity contribution in [2.75, 3.05) is 0 Å². The second kappa shape index (κ2) is 4.11. The van der Waals surface area contributed by atoms with Crippen LogP contribution in [0.5, 0.6) is 0 Å². The van der Waals surface area contributed by atoms with Crippen molar-refractivity contribution < 1.29 is 8.42 Å². The molecule has 1 rings (SSSR count). The molecule has 0 radical (unpaired) electrons. The van der Waals surface area contributed by atoms with Crippen LogP contribution in [0.1, 0.15) is 11.8 Å². The lowest BCUT2D eigenvalue weighted by molar-refractivity contribution is 0.600. The lowest BCUT2D eigenvalue weighted by atomic mass is 10.4. The van der Waals surface area contributed by atoms with E-state index < -0.39 is 10.0 Å². The predicted molar refractivity (Wildman–Crippen MR) is 55.9 cm³/mol. The van der Waals surface area contributed by atoms with E-state index in [1.165, 1.54) is 17.4 Å². The zero-order chi connectivity index (χ0) is 9.90. The summed E-state index contributed by atoms with van der Waals surface area (Å²) < 4.78 is 25.9. The number of aryl methyl sites for hydroxylation is 1. The molecule has 0 spiro atoms. The topological polar surface area (TPSA) is 46.5 Å².